The standard InChI is InChI=1S/C49H96N2O6/c1-7-10-13-16-19-28-35-44-55-46(52)38-31-24-20-26-33-41-51(43-40-50-48(54)57-49(4,5)6)42-34-27-21-25-32-39-47(53)56-45(36-29-22-17-14-11-8-2)37-30-23-18-15-12-9-3/h45H,7-44H2,1-6H3,(H,50,54). The lowest BCUT2D eigenvalue weighted by Gasteiger charge is -2.24. The molecule has 1 N–H and O–H groups in total. The monoisotopic (exact) mass is 809 g/mol. The third kappa shape index (κ3) is 42.1. The summed E-state index contributed by atoms with van der Waals surface area (Å²) in [6, 6.07) is 0. The number of rotatable bonds is 42. The van der Waals surface area contributed by atoms with E-state index in [0.717, 1.165) is 110 Å². The molecule has 0 heterocycles. The van der Waals surface area contributed by atoms with Gasteiger partial charge in [-0.05, 0) is 91.6 Å². The van der Waals surface area contributed by atoms with Crippen molar-refractivity contribution in [3.63, 3.8) is 0 Å². The zero-order valence-electron chi connectivity index (χ0n) is 38.8. The van der Waals surface area contributed by atoms with Crippen LogP contribution in [0.25, 0.3) is 0 Å². The van der Waals surface area contributed by atoms with Gasteiger partial charge in [-0.25, -0.2) is 4.79 Å². The molecule has 8 nitrogen and oxygen atoms in total. The largest absolute Gasteiger partial charge is 0.466 e. The lowest BCUT2D eigenvalue weighted by Crippen LogP contribution is -2.38. The van der Waals surface area contributed by atoms with E-state index in [2.05, 4.69) is 31.0 Å². The fourth-order valence-electron chi connectivity index (χ4n) is 7.36. The molecule has 0 spiro atoms. The minimum absolute atomic E-state index is 0.000589. The van der Waals surface area contributed by atoms with Crippen molar-refractivity contribution in [3.05, 3.63) is 0 Å². The average molecular weight is 809 g/mol. The van der Waals surface area contributed by atoms with Crippen molar-refractivity contribution in [1.29, 1.82) is 0 Å². The molecule has 0 bridgehead atoms. The first kappa shape index (κ1) is 55.2. The van der Waals surface area contributed by atoms with Gasteiger partial charge < -0.3 is 24.4 Å². The number of alkyl carbamates (subject to hydrolysis) is 1. The number of carbonyl (C=O) groups is 3. The summed E-state index contributed by atoms with van der Waals surface area (Å²) < 4.78 is 16.9. The molecule has 0 saturated carbocycles. The summed E-state index contributed by atoms with van der Waals surface area (Å²) in [4.78, 5) is 39.6. The molecule has 0 atom stereocenters. The Kier molecular flexibility index (Phi) is 39.6. The van der Waals surface area contributed by atoms with Crippen molar-refractivity contribution in [1.82, 2.24) is 10.2 Å². The fraction of sp³-hybridized carbons (Fsp3) is 0.939. The molecular formula is C49H96N2O6. The minimum atomic E-state index is -0.506. The maximum Gasteiger partial charge on any atom is 0.407 e. The van der Waals surface area contributed by atoms with Crippen molar-refractivity contribution in [2.75, 3.05) is 32.8 Å². The third-order valence-corrected chi connectivity index (χ3v) is 10.9. The first-order chi connectivity index (χ1) is 27.6. The molecule has 338 valence electrons. The van der Waals surface area contributed by atoms with E-state index >= 15 is 0 Å². The molecule has 0 fully saturated rings. The molecule has 0 aromatic carbocycles. The van der Waals surface area contributed by atoms with Crippen LogP contribution in [0, 0.1) is 0 Å². The summed E-state index contributed by atoms with van der Waals surface area (Å²) in [5.41, 5.74) is -0.506. The summed E-state index contributed by atoms with van der Waals surface area (Å²) in [6.45, 7) is 16.3. The van der Waals surface area contributed by atoms with Crippen LogP contribution in [0.15, 0.2) is 0 Å². The van der Waals surface area contributed by atoms with Crippen LogP contribution in [0.3, 0.4) is 0 Å². The van der Waals surface area contributed by atoms with Gasteiger partial charge in [-0.3, -0.25) is 9.59 Å². The molecule has 0 aliphatic carbocycles. The summed E-state index contributed by atoms with van der Waals surface area (Å²) in [7, 11) is 0. The van der Waals surface area contributed by atoms with Crippen LogP contribution in [0.1, 0.15) is 253 Å². The molecular weight excluding hydrogens is 713 g/mol. The molecule has 1 amide bonds. The van der Waals surface area contributed by atoms with Gasteiger partial charge in [0, 0.05) is 25.9 Å². The Labute approximate surface area is 353 Å². The SMILES string of the molecule is CCCCCCCCCOC(=O)CCCCCCCN(CCCCCCCC(=O)OC(CCCCCCCC)CCCCCCCC)CCNC(=O)OC(C)(C)C. The van der Waals surface area contributed by atoms with Crippen LogP contribution in [0.2, 0.25) is 0 Å². The zero-order valence-corrected chi connectivity index (χ0v) is 38.8. The zero-order chi connectivity index (χ0) is 42.1. The van der Waals surface area contributed by atoms with Gasteiger partial charge in [-0.2, -0.15) is 0 Å². The molecule has 57 heavy (non-hydrogen) atoms. The van der Waals surface area contributed by atoms with Gasteiger partial charge in [0.1, 0.15) is 11.7 Å². The van der Waals surface area contributed by atoms with E-state index in [4.69, 9.17) is 14.2 Å². The topological polar surface area (TPSA) is 94.2 Å². The maximum atomic E-state index is 12.8. The molecule has 0 radical (unpaired) electrons. The number of esters is 2. The van der Waals surface area contributed by atoms with E-state index in [-0.39, 0.29) is 24.1 Å². The predicted molar refractivity (Wildman–Crippen MR) is 241 cm³/mol. The van der Waals surface area contributed by atoms with Gasteiger partial charge in [0.15, 0.2) is 0 Å². The second-order valence-corrected chi connectivity index (χ2v) is 17.9. The molecule has 0 saturated heterocycles. The van der Waals surface area contributed by atoms with Crippen molar-refractivity contribution in [2.24, 2.45) is 0 Å². The summed E-state index contributed by atoms with van der Waals surface area (Å²) in [6.07, 6.45) is 37.3. The summed E-state index contributed by atoms with van der Waals surface area (Å²) in [5.74, 6) is -0.0461. The van der Waals surface area contributed by atoms with Crippen LogP contribution in [0.5, 0.6) is 0 Å². The van der Waals surface area contributed by atoms with Crippen LogP contribution >= 0.6 is 0 Å². The van der Waals surface area contributed by atoms with Gasteiger partial charge in [-0.1, -0.05) is 162 Å². The number of nitrogens with zero attached hydrogens (tertiary/aromatic N) is 1. The Morgan fingerprint density at radius 1 is 0.491 bits per heavy atom. The number of amides is 1. The maximum absolute atomic E-state index is 12.8. The van der Waals surface area contributed by atoms with Crippen molar-refractivity contribution >= 4 is 18.0 Å². The Bertz CT molecular complexity index is 891. The highest BCUT2D eigenvalue weighted by molar-refractivity contribution is 5.69. The first-order valence-electron chi connectivity index (χ1n) is 24.7. The number of ether oxygens (including phenoxy) is 3. The highest BCUT2D eigenvalue weighted by atomic mass is 16.6. The second kappa shape index (κ2) is 40.9. The Morgan fingerprint density at radius 3 is 1.37 bits per heavy atom. The van der Waals surface area contributed by atoms with E-state index in [0.29, 0.717) is 26.0 Å². The number of unbranched alkanes of at least 4 members (excludes halogenated alkanes) is 24. The molecule has 8 heteroatoms. The lowest BCUT2D eigenvalue weighted by molar-refractivity contribution is -0.150. The van der Waals surface area contributed by atoms with E-state index in [1.165, 1.54) is 109 Å². The Morgan fingerprint density at radius 2 is 0.895 bits per heavy atom. The van der Waals surface area contributed by atoms with E-state index in [1.807, 2.05) is 20.8 Å². The highest BCUT2D eigenvalue weighted by Gasteiger charge is 2.17. The summed E-state index contributed by atoms with van der Waals surface area (Å²) >= 11 is 0. The van der Waals surface area contributed by atoms with Crippen molar-refractivity contribution in [2.45, 2.75) is 265 Å². The minimum Gasteiger partial charge on any atom is -0.466 e. The second-order valence-electron chi connectivity index (χ2n) is 17.9. The van der Waals surface area contributed by atoms with E-state index in [9.17, 15) is 14.4 Å². The smallest absolute Gasteiger partial charge is 0.407 e. The van der Waals surface area contributed by atoms with Crippen LogP contribution in [-0.2, 0) is 23.8 Å². The average Bonchev–Trinajstić information content (AvgIpc) is 3.16. The van der Waals surface area contributed by atoms with Gasteiger partial charge in [0.25, 0.3) is 0 Å². The summed E-state index contributed by atoms with van der Waals surface area (Å²) in [5, 5.41) is 2.92. The first-order valence-corrected chi connectivity index (χ1v) is 24.7. The fourth-order valence-corrected chi connectivity index (χ4v) is 7.36. The lowest BCUT2D eigenvalue weighted by atomic mass is 10.0. The van der Waals surface area contributed by atoms with E-state index < -0.39 is 5.60 Å². The molecule has 0 rings (SSSR count). The quantitative estimate of drug-likeness (QED) is 0.0373. The number of hydrogen-bond donors (Lipinski definition) is 1. The molecule has 0 aromatic heterocycles. The Hall–Kier alpha value is -1.83. The third-order valence-electron chi connectivity index (χ3n) is 10.9. The van der Waals surface area contributed by atoms with E-state index in [1.54, 1.807) is 0 Å². The van der Waals surface area contributed by atoms with Crippen LogP contribution < -0.4 is 5.32 Å². The van der Waals surface area contributed by atoms with Gasteiger partial charge in [0.05, 0.1) is 6.61 Å². The van der Waals surface area contributed by atoms with Crippen LogP contribution in [0.4, 0.5) is 4.79 Å². The van der Waals surface area contributed by atoms with Gasteiger partial charge >= 0.3 is 18.0 Å². The highest BCUT2D eigenvalue weighted by Crippen LogP contribution is 2.19. The molecule has 0 unspecified atom stereocenters. The van der Waals surface area contributed by atoms with Crippen molar-refractivity contribution < 1.29 is 28.6 Å². The normalized spacial score (nSPS) is 11.7. The number of carbonyl (C=O) groups excluding carboxylic acids is 3. The van der Waals surface area contributed by atoms with Gasteiger partial charge in [-0.15, -0.1) is 0 Å². The molecule has 0 aromatic rings. The number of nitrogens with one attached hydrogen (secondary N) is 1. The molecule has 0 aliphatic heterocycles. The van der Waals surface area contributed by atoms with Crippen LogP contribution in [-0.4, -0.2) is 67.4 Å². The van der Waals surface area contributed by atoms with Gasteiger partial charge in [0.2, 0.25) is 0 Å². The molecule has 0 aliphatic rings. The predicted octanol–water partition coefficient (Wildman–Crippen LogP) is 14.2. The number of hydrogen-bond acceptors (Lipinski definition) is 7. The Balaban J connectivity index is 4.43. The van der Waals surface area contributed by atoms with Crippen molar-refractivity contribution in [3.8, 4) is 0 Å².